The van der Waals surface area contributed by atoms with E-state index >= 15 is 0 Å². The number of hydrogen-bond acceptors (Lipinski definition) is 4. The smallest absolute Gasteiger partial charge is 0.221 e. The highest BCUT2D eigenvalue weighted by Gasteiger charge is 2.22. The first-order chi connectivity index (χ1) is 12.8. The molecule has 1 unspecified atom stereocenters. The van der Waals surface area contributed by atoms with Gasteiger partial charge in [-0.1, -0.05) is 30.7 Å². The van der Waals surface area contributed by atoms with Crippen LogP contribution >= 0.6 is 12.4 Å². The summed E-state index contributed by atoms with van der Waals surface area (Å²) in [6, 6.07) is 15.0. The summed E-state index contributed by atoms with van der Waals surface area (Å²) in [4.78, 5) is 18.7. The first-order valence-electron chi connectivity index (χ1n) is 9.47. The minimum atomic E-state index is 0. The van der Waals surface area contributed by atoms with Crippen LogP contribution in [0.4, 0.5) is 0 Å². The van der Waals surface area contributed by atoms with Crippen LogP contribution < -0.4 is 11.1 Å². The van der Waals surface area contributed by atoms with Crippen LogP contribution in [0.3, 0.4) is 0 Å². The summed E-state index contributed by atoms with van der Waals surface area (Å²) in [5.74, 6) is 0.0511. The number of halogens is 1. The van der Waals surface area contributed by atoms with Gasteiger partial charge in [0.05, 0.1) is 5.69 Å². The lowest BCUT2D eigenvalue weighted by Gasteiger charge is -2.36. The standard InChI is InChI=1S/C21H28N4O.ClH/c22-11-10-21(26)24-15-19-8-2-4-13-25(19)16-17-6-5-7-18(14-17)20-9-1-3-12-23-20;/h1,3,5-7,9,12,14,19H,2,4,8,10-11,13,15-16,22H2,(H,24,26);1H. The van der Waals surface area contributed by atoms with Crippen molar-refractivity contribution in [1.29, 1.82) is 0 Å². The third-order valence-corrected chi connectivity index (χ3v) is 4.93. The molecule has 0 bridgehead atoms. The first kappa shape index (κ1) is 21.4. The summed E-state index contributed by atoms with van der Waals surface area (Å²) in [7, 11) is 0. The van der Waals surface area contributed by atoms with E-state index in [-0.39, 0.29) is 18.3 Å². The zero-order valence-electron chi connectivity index (χ0n) is 15.6. The number of hydrogen-bond donors (Lipinski definition) is 2. The number of nitrogens with one attached hydrogen (secondary N) is 1. The summed E-state index contributed by atoms with van der Waals surface area (Å²) >= 11 is 0. The van der Waals surface area contributed by atoms with E-state index in [0.717, 1.165) is 30.8 Å². The molecule has 0 spiro atoms. The average molecular weight is 389 g/mol. The molecule has 146 valence electrons. The Morgan fingerprint density at radius 2 is 2.11 bits per heavy atom. The Labute approximate surface area is 167 Å². The normalized spacial score (nSPS) is 17.1. The van der Waals surface area contributed by atoms with Gasteiger partial charge in [-0.3, -0.25) is 14.7 Å². The summed E-state index contributed by atoms with van der Waals surface area (Å²) in [5, 5.41) is 3.04. The minimum absolute atomic E-state index is 0. The van der Waals surface area contributed by atoms with Crippen molar-refractivity contribution < 1.29 is 4.79 Å². The van der Waals surface area contributed by atoms with Crippen molar-refractivity contribution in [2.75, 3.05) is 19.6 Å². The Hall–Kier alpha value is -1.95. The maximum absolute atomic E-state index is 11.7. The molecule has 5 nitrogen and oxygen atoms in total. The number of carbonyl (C=O) groups excluding carboxylic acids is 1. The minimum Gasteiger partial charge on any atom is -0.354 e. The van der Waals surface area contributed by atoms with Crippen molar-refractivity contribution in [3.8, 4) is 11.3 Å². The van der Waals surface area contributed by atoms with Gasteiger partial charge in [0.25, 0.3) is 0 Å². The highest BCUT2D eigenvalue weighted by molar-refractivity contribution is 5.85. The number of likely N-dealkylation sites (tertiary alicyclic amines) is 1. The highest BCUT2D eigenvalue weighted by atomic mass is 35.5. The highest BCUT2D eigenvalue weighted by Crippen LogP contribution is 2.22. The number of pyridine rings is 1. The van der Waals surface area contributed by atoms with Gasteiger partial charge in [-0.2, -0.15) is 0 Å². The zero-order chi connectivity index (χ0) is 18.2. The predicted octanol–water partition coefficient (Wildman–Crippen LogP) is 2.99. The predicted molar refractivity (Wildman–Crippen MR) is 112 cm³/mol. The lowest BCUT2D eigenvalue weighted by Crippen LogP contribution is -2.46. The van der Waals surface area contributed by atoms with Gasteiger partial charge in [0.1, 0.15) is 0 Å². The number of piperidine rings is 1. The molecule has 27 heavy (non-hydrogen) atoms. The Bertz CT molecular complexity index is 710. The van der Waals surface area contributed by atoms with E-state index in [2.05, 4.69) is 39.5 Å². The topological polar surface area (TPSA) is 71.2 Å². The molecule has 1 aliphatic heterocycles. The van der Waals surface area contributed by atoms with Crippen LogP contribution in [0.2, 0.25) is 0 Å². The molecule has 1 aromatic carbocycles. The average Bonchev–Trinajstić information content (AvgIpc) is 2.68. The largest absolute Gasteiger partial charge is 0.354 e. The van der Waals surface area contributed by atoms with Gasteiger partial charge in [-0.15, -0.1) is 12.4 Å². The number of benzene rings is 1. The molecule has 1 atom stereocenters. The molecule has 2 aromatic rings. The first-order valence-corrected chi connectivity index (χ1v) is 9.47. The third-order valence-electron chi connectivity index (χ3n) is 4.93. The van der Waals surface area contributed by atoms with Crippen LogP contribution in [0, 0.1) is 0 Å². The van der Waals surface area contributed by atoms with Crippen molar-refractivity contribution in [3.05, 3.63) is 54.2 Å². The molecule has 1 amide bonds. The SMILES string of the molecule is Cl.NCCC(=O)NCC1CCCCN1Cc1cccc(-c2ccccn2)c1. The second-order valence-corrected chi connectivity index (χ2v) is 6.88. The van der Waals surface area contributed by atoms with Gasteiger partial charge in [0, 0.05) is 43.9 Å². The molecule has 1 fully saturated rings. The van der Waals surface area contributed by atoms with Crippen LogP contribution in [0.5, 0.6) is 0 Å². The fourth-order valence-electron chi connectivity index (χ4n) is 3.55. The number of rotatable bonds is 7. The molecule has 1 aliphatic rings. The van der Waals surface area contributed by atoms with Gasteiger partial charge in [-0.25, -0.2) is 0 Å². The van der Waals surface area contributed by atoms with E-state index in [9.17, 15) is 4.79 Å². The van der Waals surface area contributed by atoms with Gasteiger partial charge < -0.3 is 11.1 Å². The van der Waals surface area contributed by atoms with E-state index in [1.54, 1.807) is 0 Å². The van der Waals surface area contributed by atoms with E-state index in [1.165, 1.54) is 18.4 Å². The van der Waals surface area contributed by atoms with Crippen molar-refractivity contribution in [2.24, 2.45) is 5.73 Å². The second kappa shape index (κ2) is 11.0. The van der Waals surface area contributed by atoms with E-state index in [1.807, 2.05) is 24.4 Å². The second-order valence-electron chi connectivity index (χ2n) is 6.88. The Morgan fingerprint density at radius 1 is 1.22 bits per heavy atom. The van der Waals surface area contributed by atoms with Gasteiger partial charge >= 0.3 is 0 Å². The van der Waals surface area contributed by atoms with Gasteiger partial charge in [0.15, 0.2) is 0 Å². The quantitative estimate of drug-likeness (QED) is 0.764. The zero-order valence-corrected chi connectivity index (χ0v) is 16.5. The van der Waals surface area contributed by atoms with Crippen molar-refractivity contribution >= 4 is 18.3 Å². The van der Waals surface area contributed by atoms with Crippen LogP contribution in [0.1, 0.15) is 31.2 Å². The molecule has 0 radical (unpaired) electrons. The Balaban J connectivity index is 0.00000261. The van der Waals surface area contributed by atoms with Crippen LogP contribution in [-0.4, -0.2) is 41.5 Å². The fourth-order valence-corrected chi connectivity index (χ4v) is 3.55. The summed E-state index contributed by atoms with van der Waals surface area (Å²) in [5.41, 5.74) is 8.88. The number of carbonyl (C=O) groups is 1. The van der Waals surface area contributed by atoms with E-state index in [0.29, 0.717) is 25.6 Å². The number of aromatic nitrogens is 1. The summed E-state index contributed by atoms with van der Waals surface area (Å²) in [6.45, 7) is 3.09. The Kier molecular flexibility index (Phi) is 8.72. The maximum Gasteiger partial charge on any atom is 0.221 e. The maximum atomic E-state index is 11.7. The molecule has 2 heterocycles. The van der Waals surface area contributed by atoms with Crippen LogP contribution in [0.15, 0.2) is 48.7 Å². The lowest BCUT2D eigenvalue weighted by atomic mass is 10.00. The van der Waals surface area contributed by atoms with Crippen LogP contribution in [0.25, 0.3) is 11.3 Å². The van der Waals surface area contributed by atoms with Crippen LogP contribution in [-0.2, 0) is 11.3 Å². The fraction of sp³-hybridized carbons (Fsp3) is 0.429. The molecular weight excluding hydrogens is 360 g/mol. The Morgan fingerprint density at radius 3 is 2.89 bits per heavy atom. The van der Waals surface area contributed by atoms with Crippen molar-refractivity contribution in [1.82, 2.24) is 15.2 Å². The molecule has 1 aromatic heterocycles. The number of amides is 1. The molecule has 1 saturated heterocycles. The molecule has 0 aliphatic carbocycles. The number of nitrogens with zero attached hydrogens (tertiary/aromatic N) is 2. The molecular formula is C21H29ClN4O. The van der Waals surface area contributed by atoms with Crippen molar-refractivity contribution in [2.45, 2.75) is 38.3 Å². The lowest BCUT2D eigenvalue weighted by molar-refractivity contribution is -0.121. The van der Waals surface area contributed by atoms with E-state index in [4.69, 9.17) is 5.73 Å². The van der Waals surface area contributed by atoms with E-state index < -0.39 is 0 Å². The summed E-state index contributed by atoms with van der Waals surface area (Å²) < 4.78 is 0. The van der Waals surface area contributed by atoms with Crippen molar-refractivity contribution in [3.63, 3.8) is 0 Å². The number of nitrogens with two attached hydrogens (primary N) is 1. The van der Waals surface area contributed by atoms with Gasteiger partial charge in [0.2, 0.25) is 5.91 Å². The molecule has 0 saturated carbocycles. The molecule has 3 rings (SSSR count). The van der Waals surface area contributed by atoms with Gasteiger partial charge in [-0.05, 0) is 43.1 Å². The summed E-state index contributed by atoms with van der Waals surface area (Å²) in [6.07, 6.45) is 5.80. The monoisotopic (exact) mass is 388 g/mol. The molecule has 3 N–H and O–H groups in total. The third kappa shape index (κ3) is 6.31. The molecule has 6 heteroatoms.